The van der Waals surface area contributed by atoms with Crippen LogP contribution in [0.3, 0.4) is 0 Å². The molecule has 2 rings (SSSR count). The Bertz CT molecular complexity index is 623. The van der Waals surface area contributed by atoms with Crippen molar-refractivity contribution in [1.82, 2.24) is 4.57 Å². The molecule has 0 atom stereocenters. The lowest BCUT2D eigenvalue weighted by Crippen LogP contribution is -2.21. The van der Waals surface area contributed by atoms with E-state index in [1.54, 1.807) is 10.6 Å². The molecule has 18 heavy (non-hydrogen) atoms. The van der Waals surface area contributed by atoms with Crippen LogP contribution >= 0.6 is 22.6 Å². The van der Waals surface area contributed by atoms with Gasteiger partial charge in [-0.3, -0.25) is 4.79 Å². The Labute approximate surface area is 121 Å². The van der Waals surface area contributed by atoms with Gasteiger partial charge in [0, 0.05) is 15.8 Å². The molecule has 0 aliphatic carbocycles. The highest BCUT2D eigenvalue weighted by molar-refractivity contribution is 14.1. The van der Waals surface area contributed by atoms with Crippen LogP contribution in [0.2, 0.25) is 0 Å². The Morgan fingerprint density at radius 1 is 1.11 bits per heavy atom. The SMILES string of the molecule is Cc1cc(=O)n(Cc2c(C)cccc2C)cc1I. The predicted octanol–water partition coefficient (Wildman–Crippen LogP) is 3.43. The topological polar surface area (TPSA) is 22.0 Å². The van der Waals surface area contributed by atoms with Gasteiger partial charge in [0.05, 0.1) is 6.54 Å². The molecule has 0 N–H and O–H groups in total. The summed E-state index contributed by atoms with van der Waals surface area (Å²) >= 11 is 2.27. The molecule has 0 spiro atoms. The minimum atomic E-state index is 0.0653. The van der Waals surface area contributed by atoms with E-state index >= 15 is 0 Å². The molecule has 0 saturated heterocycles. The summed E-state index contributed by atoms with van der Waals surface area (Å²) in [7, 11) is 0. The van der Waals surface area contributed by atoms with Crippen molar-refractivity contribution in [1.29, 1.82) is 0 Å². The van der Waals surface area contributed by atoms with Gasteiger partial charge in [-0.05, 0) is 65.6 Å². The molecule has 0 aliphatic heterocycles. The highest BCUT2D eigenvalue weighted by atomic mass is 127. The van der Waals surface area contributed by atoms with Crippen molar-refractivity contribution in [3.05, 3.63) is 66.6 Å². The second-order valence-electron chi connectivity index (χ2n) is 4.64. The zero-order valence-corrected chi connectivity index (χ0v) is 13.0. The van der Waals surface area contributed by atoms with Gasteiger partial charge in [-0.25, -0.2) is 0 Å². The van der Waals surface area contributed by atoms with Crippen LogP contribution in [0.15, 0.2) is 35.3 Å². The van der Waals surface area contributed by atoms with E-state index in [-0.39, 0.29) is 5.56 Å². The molecule has 0 saturated carbocycles. The smallest absolute Gasteiger partial charge is 0.251 e. The molecule has 94 valence electrons. The molecule has 1 heterocycles. The summed E-state index contributed by atoms with van der Waals surface area (Å²) < 4.78 is 2.91. The van der Waals surface area contributed by atoms with Crippen molar-refractivity contribution >= 4 is 22.6 Å². The second-order valence-corrected chi connectivity index (χ2v) is 5.80. The molecule has 2 nitrogen and oxygen atoms in total. The van der Waals surface area contributed by atoms with E-state index in [1.807, 2.05) is 13.1 Å². The molecule has 0 bridgehead atoms. The van der Waals surface area contributed by atoms with Gasteiger partial charge >= 0.3 is 0 Å². The Kier molecular flexibility index (Phi) is 3.90. The molecule has 0 fully saturated rings. The van der Waals surface area contributed by atoms with Crippen LogP contribution in [0.4, 0.5) is 0 Å². The quantitative estimate of drug-likeness (QED) is 0.759. The predicted molar refractivity (Wildman–Crippen MR) is 83.2 cm³/mol. The van der Waals surface area contributed by atoms with Gasteiger partial charge < -0.3 is 4.57 Å². The minimum Gasteiger partial charge on any atom is -0.310 e. The van der Waals surface area contributed by atoms with Gasteiger partial charge in [0.25, 0.3) is 5.56 Å². The number of nitrogens with zero attached hydrogens (tertiary/aromatic N) is 1. The minimum absolute atomic E-state index is 0.0653. The number of benzene rings is 1. The molecular formula is C15H16INO. The van der Waals surface area contributed by atoms with Crippen LogP contribution in [0.1, 0.15) is 22.3 Å². The number of halogens is 1. The maximum atomic E-state index is 12.0. The lowest BCUT2D eigenvalue weighted by molar-refractivity contribution is 0.745. The van der Waals surface area contributed by atoms with E-state index in [0.717, 1.165) is 9.13 Å². The summed E-state index contributed by atoms with van der Waals surface area (Å²) in [4.78, 5) is 12.0. The fraction of sp³-hybridized carbons (Fsp3) is 0.267. The standard InChI is InChI=1S/C15H16INO/c1-10-5-4-6-11(2)13(10)8-17-9-14(16)12(3)7-15(17)18/h4-7,9H,8H2,1-3H3. The van der Waals surface area contributed by atoms with Crippen molar-refractivity contribution in [3.8, 4) is 0 Å². The van der Waals surface area contributed by atoms with Crippen molar-refractivity contribution in [3.63, 3.8) is 0 Å². The molecule has 0 radical (unpaired) electrons. The van der Waals surface area contributed by atoms with E-state index in [0.29, 0.717) is 6.54 Å². The third kappa shape index (κ3) is 2.66. The summed E-state index contributed by atoms with van der Waals surface area (Å²) in [6.07, 6.45) is 1.93. The van der Waals surface area contributed by atoms with Gasteiger partial charge in [-0.2, -0.15) is 0 Å². The second kappa shape index (κ2) is 5.26. The molecule has 0 aliphatic rings. The zero-order valence-electron chi connectivity index (χ0n) is 10.8. The summed E-state index contributed by atoms with van der Waals surface area (Å²) in [5.41, 5.74) is 4.81. The van der Waals surface area contributed by atoms with Crippen LogP contribution < -0.4 is 5.56 Å². The highest BCUT2D eigenvalue weighted by Crippen LogP contribution is 2.15. The fourth-order valence-corrected chi connectivity index (χ4v) is 2.52. The summed E-state index contributed by atoms with van der Waals surface area (Å²) in [5.74, 6) is 0. The van der Waals surface area contributed by atoms with Crippen LogP contribution in [-0.4, -0.2) is 4.57 Å². The largest absolute Gasteiger partial charge is 0.310 e. The van der Waals surface area contributed by atoms with Crippen LogP contribution in [0.25, 0.3) is 0 Å². The maximum absolute atomic E-state index is 12.0. The first-order chi connectivity index (χ1) is 8.49. The van der Waals surface area contributed by atoms with E-state index in [2.05, 4.69) is 54.6 Å². The monoisotopic (exact) mass is 353 g/mol. The highest BCUT2D eigenvalue weighted by Gasteiger charge is 2.06. The first-order valence-electron chi connectivity index (χ1n) is 5.90. The van der Waals surface area contributed by atoms with Gasteiger partial charge in [-0.15, -0.1) is 0 Å². The number of hydrogen-bond acceptors (Lipinski definition) is 1. The number of hydrogen-bond donors (Lipinski definition) is 0. The van der Waals surface area contributed by atoms with Gasteiger partial charge in [0.1, 0.15) is 0 Å². The van der Waals surface area contributed by atoms with Crippen LogP contribution in [-0.2, 0) is 6.54 Å². The third-order valence-corrected chi connectivity index (χ3v) is 4.37. The molecular weight excluding hydrogens is 337 g/mol. The summed E-state index contributed by atoms with van der Waals surface area (Å²) in [5, 5.41) is 0. The Morgan fingerprint density at radius 2 is 1.72 bits per heavy atom. The van der Waals surface area contributed by atoms with Crippen molar-refractivity contribution in [2.45, 2.75) is 27.3 Å². The number of aromatic nitrogens is 1. The van der Waals surface area contributed by atoms with Gasteiger partial charge in [0.15, 0.2) is 0 Å². The van der Waals surface area contributed by atoms with Crippen molar-refractivity contribution in [2.75, 3.05) is 0 Å². The van der Waals surface area contributed by atoms with E-state index in [4.69, 9.17) is 0 Å². The summed E-state index contributed by atoms with van der Waals surface area (Å²) in [6.45, 7) is 6.79. The number of aryl methyl sites for hydroxylation is 3. The lowest BCUT2D eigenvalue weighted by Gasteiger charge is -2.12. The van der Waals surface area contributed by atoms with Gasteiger partial charge in [0.2, 0.25) is 0 Å². The Morgan fingerprint density at radius 3 is 2.33 bits per heavy atom. The van der Waals surface area contributed by atoms with E-state index < -0.39 is 0 Å². The molecule has 0 unspecified atom stereocenters. The van der Waals surface area contributed by atoms with Crippen molar-refractivity contribution in [2.24, 2.45) is 0 Å². The zero-order chi connectivity index (χ0) is 13.3. The van der Waals surface area contributed by atoms with E-state index in [1.165, 1.54) is 16.7 Å². The van der Waals surface area contributed by atoms with Crippen LogP contribution in [0, 0.1) is 24.3 Å². The van der Waals surface area contributed by atoms with Crippen LogP contribution in [0.5, 0.6) is 0 Å². The maximum Gasteiger partial charge on any atom is 0.251 e. The Hall–Kier alpha value is -1.10. The first-order valence-corrected chi connectivity index (χ1v) is 6.98. The van der Waals surface area contributed by atoms with E-state index in [9.17, 15) is 4.79 Å². The first kappa shape index (κ1) is 13.3. The summed E-state index contributed by atoms with van der Waals surface area (Å²) in [6, 6.07) is 7.93. The molecule has 2 aromatic rings. The third-order valence-electron chi connectivity index (χ3n) is 3.24. The molecule has 1 aromatic carbocycles. The number of rotatable bonds is 2. The normalized spacial score (nSPS) is 10.7. The molecule has 0 amide bonds. The fourth-order valence-electron chi connectivity index (χ4n) is 2.03. The lowest BCUT2D eigenvalue weighted by atomic mass is 10.0. The Balaban J connectivity index is 2.47. The molecule has 1 aromatic heterocycles. The number of pyridine rings is 1. The average molecular weight is 353 g/mol. The van der Waals surface area contributed by atoms with Crippen molar-refractivity contribution < 1.29 is 0 Å². The van der Waals surface area contributed by atoms with Gasteiger partial charge in [-0.1, -0.05) is 18.2 Å². The average Bonchev–Trinajstić information content (AvgIpc) is 2.30. The molecule has 3 heteroatoms.